The summed E-state index contributed by atoms with van der Waals surface area (Å²) in [5, 5.41) is 10.9. The van der Waals surface area contributed by atoms with Gasteiger partial charge in [-0.3, -0.25) is 9.84 Å². The van der Waals surface area contributed by atoms with Crippen LogP contribution in [0.3, 0.4) is 0 Å². The van der Waals surface area contributed by atoms with Crippen LogP contribution < -0.4 is 4.74 Å². The van der Waals surface area contributed by atoms with Gasteiger partial charge in [-0.1, -0.05) is 5.16 Å². The smallest absolute Gasteiger partial charge is 0.497 e. The van der Waals surface area contributed by atoms with Crippen molar-refractivity contribution in [3.63, 3.8) is 0 Å². The van der Waals surface area contributed by atoms with Crippen LogP contribution in [0.15, 0.2) is 35.2 Å². The summed E-state index contributed by atoms with van der Waals surface area (Å²) in [6.07, 6.45) is -1.02. The molecule has 1 N–H and O–H groups in total. The van der Waals surface area contributed by atoms with E-state index in [4.69, 9.17) is 9.26 Å². The minimum atomic E-state index is -4.79. The molecule has 1 aromatic carbocycles. The average Bonchev–Trinajstić information content (AvgIpc) is 3.44. The van der Waals surface area contributed by atoms with E-state index in [2.05, 4.69) is 30.1 Å². The first-order valence-corrected chi connectivity index (χ1v) is 8.74. The van der Waals surface area contributed by atoms with Crippen molar-refractivity contribution in [1.82, 2.24) is 29.9 Å². The summed E-state index contributed by atoms with van der Waals surface area (Å²) in [5.41, 5.74) is 4.59. The van der Waals surface area contributed by atoms with Gasteiger partial charge in [0.15, 0.2) is 0 Å². The van der Waals surface area contributed by atoms with Gasteiger partial charge in [-0.25, -0.2) is 4.98 Å². The maximum Gasteiger partial charge on any atom is 0.523 e. The quantitative estimate of drug-likeness (QED) is 0.478. The van der Waals surface area contributed by atoms with Crippen molar-refractivity contribution in [2.45, 2.75) is 19.4 Å². The van der Waals surface area contributed by atoms with Crippen LogP contribution in [0.4, 0.5) is 13.2 Å². The van der Waals surface area contributed by atoms with Crippen molar-refractivity contribution in [2.75, 3.05) is 7.11 Å². The molecule has 9 nitrogen and oxygen atoms in total. The highest BCUT2D eigenvalue weighted by Crippen LogP contribution is 2.38. The molecule has 1 aliphatic heterocycles. The molecule has 0 radical (unpaired) electrons. The van der Waals surface area contributed by atoms with E-state index in [0.29, 0.717) is 17.9 Å². The van der Waals surface area contributed by atoms with Gasteiger partial charge in [0.2, 0.25) is 5.82 Å². The molecule has 0 aliphatic carbocycles. The minimum Gasteiger partial charge on any atom is -0.497 e. The van der Waals surface area contributed by atoms with Crippen LogP contribution in [0.25, 0.3) is 28.5 Å². The Labute approximate surface area is 166 Å². The molecule has 0 unspecified atom stereocenters. The molecule has 3 aromatic heterocycles. The number of fused-ring (bicyclic) bond motifs is 5. The number of aromatic nitrogens is 6. The Morgan fingerprint density at radius 1 is 1.30 bits per heavy atom. The van der Waals surface area contributed by atoms with Gasteiger partial charge in [-0.15, -0.1) is 13.2 Å². The molecule has 0 atom stereocenters. The summed E-state index contributed by atoms with van der Waals surface area (Å²) in [5.74, 6) is 0.462. The lowest BCUT2D eigenvalue weighted by Crippen LogP contribution is -2.13. The Hall–Kier alpha value is -3.67. The molecule has 0 bridgehead atoms. The van der Waals surface area contributed by atoms with Crippen molar-refractivity contribution >= 4 is 0 Å². The lowest BCUT2D eigenvalue weighted by Gasteiger charge is -2.11. The zero-order valence-electron chi connectivity index (χ0n) is 15.4. The van der Waals surface area contributed by atoms with Gasteiger partial charge in [0.05, 0.1) is 30.4 Å². The van der Waals surface area contributed by atoms with Crippen LogP contribution in [-0.4, -0.2) is 43.4 Å². The Kier molecular flexibility index (Phi) is 4.10. The molecular formula is C18H13F3N6O3. The number of rotatable bonds is 4. The molecule has 0 saturated heterocycles. The maximum atomic E-state index is 12.3. The first-order valence-electron chi connectivity index (χ1n) is 8.74. The lowest BCUT2D eigenvalue weighted by atomic mass is 10.0. The molecule has 154 valence electrons. The third-order valence-corrected chi connectivity index (χ3v) is 4.71. The highest BCUT2D eigenvalue weighted by molar-refractivity contribution is 5.77. The van der Waals surface area contributed by atoms with Crippen LogP contribution in [0.2, 0.25) is 0 Å². The van der Waals surface area contributed by atoms with E-state index >= 15 is 0 Å². The summed E-state index contributed by atoms with van der Waals surface area (Å²) in [6.45, 7) is -0.874. The second-order valence-electron chi connectivity index (χ2n) is 6.49. The van der Waals surface area contributed by atoms with E-state index in [-0.39, 0.29) is 11.7 Å². The number of alkyl halides is 3. The SMILES string of the molecule is COc1ccc2c(c1)-c1[nH]ncc1Cc1c(-c3noc(COC(F)(F)F)n3)ncn1-2. The molecule has 0 fully saturated rings. The standard InChI is InChI=1S/C18H13F3N6O3/c1-28-10-2-3-12-11(5-10)15-9(6-23-25-15)4-13-16(22-8-27(12)13)17-24-14(30-26-17)7-29-18(19,20)21/h2-3,5-6,8H,4,7H2,1H3,(H,23,25). The van der Waals surface area contributed by atoms with E-state index in [1.165, 1.54) is 0 Å². The van der Waals surface area contributed by atoms with Crippen LogP contribution in [0.5, 0.6) is 5.75 Å². The molecule has 12 heteroatoms. The molecule has 0 amide bonds. The number of methoxy groups -OCH3 is 1. The molecule has 1 aliphatic rings. The second-order valence-corrected chi connectivity index (χ2v) is 6.49. The van der Waals surface area contributed by atoms with Crippen molar-refractivity contribution in [2.24, 2.45) is 0 Å². The number of aromatic amines is 1. The van der Waals surface area contributed by atoms with Gasteiger partial charge < -0.3 is 13.8 Å². The van der Waals surface area contributed by atoms with Crippen molar-refractivity contribution in [3.8, 4) is 34.2 Å². The van der Waals surface area contributed by atoms with E-state index in [0.717, 1.165) is 28.2 Å². The van der Waals surface area contributed by atoms with Crippen LogP contribution >= 0.6 is 0 Å². The number of nitrogens with one attached hydrogen (secondary N) is 1. The van der Waals surface area contributed by atoms with Crippen LogP contribution in [0.1, 0.15) is 17.1 Å². The van der Waals surface area contributed by atoms with Crippen LogP contribution in [-0.2, 0) is 17.8 Å². The van der Waals surface area contributed by atoms with Gasteiger partial charge in [0.1, 0.15) is 24.4 Å². The molecule has 4 heterocycles. The number of hydrogen-bond donors (Lipinski definition) is 1. The van der Waals surface area contributed by atoms with E-state index in [1.54, 1.807) is 19.6 Å². The Bertz CT molecular complexity index is 1230. The van der Waals surface area contributed by atoms with Gasteiger partial charge in [-0.05, 0) is 18.2 Å². The molecule has 4 aromatic rings. The van der Waals surface area contributed by atoms with Crippen molar-refractivity contribution in [1.29, 1.82) is 0 Å². The molecule has 0 spiro atoms. The van der Waals surface area contributed by atoms with E-state index in [1.807, 2.05) is 22.8 Å². The predicted molar refractivity (Wildman–Crippen MR) is 94.6 cm³/mol. The summed E-state index contributed by atoms with van der Waals surface area (Å²) in [4.78, 5) is 8.38. The van der Waals surface area contributed by atoms with Gasteiger partial charge in [0.25, 0.3) is 5.89 Å². The second kappa shape index (κ2) is 6.69. The number of halogens is 3. The summed E-state index contributed by atoms with van der Waals surface area (Å²) in [6, 6.07) is 5.60. The number of H-pyrrole nitrogens is 1. The number of hydrogen-bond acceptors (Lipinski definition) is 7. The normalized spacial score (nSPS) is 12.8. The summed E-state index contributed by atoms with van der Waals surface area (Å²) < 4.78 is 52.6. The zero-order valence-corrected chi connectivity index (χ0v) is 15.4. The van der Waals surface area contributed by atoms with Crippen molar-refractivity contribution in [3.05, 3.63) is 47.9 Å². The van der Waals surface area contributed by atoms with E-state index < -0.39 is 13.0 Å². The Morgan fingerprint density at radius 2 is 2.17 bits per heavy atom. The number of imidazole rings is 1. The van der Waals surface area contributed by atoms with Crippen molar-refractivity contribution < 1.29 is 27.2 Å². The minimum absolute atomic E-state index is 0.0755. The largest absolute Gasteiger partial charge is 0.523 e. The maximum absolute atomic E-state index is 12.3. The average molecular weight is 418 g/mol. The molecule has 5 rings (SSSR count). The first-order chi connectivity index (χ1) is 14.4. The van der Waals surface area contributed by atoms with Crippen LogP contribution in [0, 0.1) is 0 Å². The Morgan fingerprint density at radius 3 is 2.97 bits per heavy atom. The highest BCUT2D eigenvalue weighted by Gasteiger charge is 2.31. The third-order valence-electron chi connectivity index (χ3n) is 4.71. The lowest BCUT2D eigenvalue weighted by molar-refractivity contribution is -0.332. The monoisotopic (exact) mass is 418 g/mol. The zero-order chi connectivity index (χ0) is 20.9. The fourth-order valence-corrected chi connectivity index (χ4v) is 3.40. The number of ether oxygens (including phenoxy) is 2. The van der Waals surface area contributed by atoms with E-state index in [9.17, 15) is 13.2 Å². The molecular weight excluding hydrogens is 405 g/mol. The van der Waals surface area contributed by atoms with Gasteiger partial charge in [-0.2, -0.15) is 10.1 Å². The number of nitrogens with zero attached hydrogens (tertiary/aromatic N) is 5. The highest BCUT2D eigenvalue weighted by atomic mass is 19.4. The molecule has 30 heavy (non-hydrogen) atoms. The fourth-order valence-electron chi connectivity index (χ4n) is 3.40. The predicted octanol–water partition coefficient (Wildman–Crippen LogP) is 3.26. The summed E-state index contributed by atoms with van der Waals surface area (Å²) in [7, 11) is 1.59. The first kappa shape index (κ1) is 18.4. The van der Waals surface area contributed by atoms with Gasteiger partial charge in [0, 0.05) is 17.5 Å². The fraction of sp³-hybridized carbons (Fsp3) is 0.222. The van der Waals surface area contributed by atoms with Gasteiger partial charge >= 0.3 is 6.36 Å². The third kappa shape index (κ3) is 3.10. The molecule has 0 saturated carbocycles. The Balaban J connectivity index is 1.58. The number of benzene rings is 1. The topological polar surface area (TPSA) is 104 Å². The summed E-state index contributed by atoms with van der Waals surface area (Å²) >= 11 is 0.